The molecule has 1 unspecified atom stereocenters. The number of nitrogens with one attached hydrogen (secondary N) is 2. The standard InChI is InChI=1S/C21H21N3O2/c1-14(25)24-19-4-2-3-16(11-19)15-5-7-17(8-6-15)21(26,18-9-10-18)20-12-22-13-23-20/h2-8,11-13,18,26H,9-10H2,1H3,(H,22,23)(H,24,25). The molecular weight excluding hydrogens is 326 g/mol. The molecule has 1 amide bonds. The second-order valence-corrected chi connectivity index (χ2v) is 6.85. The second kappa shape index (κ2) is 6.42. The third kappa shape index (κ3) is 3.02. The Hall–Kier alpha value is -2.92. The first-order valence-electron chi connectivity index (χ1n) is 8.77. The van der Waals surface area contributed by atoms with Crippen LogP contribution in [0.2, 0.25) is 0 Å². The van der Waals surface area contributed by atoms with Crippen molar-refractivity contribution in [3.05, 3.63) is 72.3 Å². The van der Waals surface area contributed by atoms with Gasteiger partial charge in [0.25, 0.3) is 0 Å². The van der Waals surface area contributed by atoms with E-state index in [0.717, 1.165) is 40.9 Å². The zero-order chi connectivity index (χ0) is 18.1. The third-order valence-electron chi connectivity index (χ3n) is 4.92. The fourth-order valence-corrected chi connectivity index (χ4v) is 3.47. The number of anilines is 1. The van der Waals surface area contributed by atoms with E-state index >= 15 is 0 Å². The first-order chi connectivity index (χ1) is 12.6. The minimum absolute atomic E-state index is 0.0912. The molecule has 26 heavy (non-hydrogen) atoms. The normalized spacial score (nSPS) is 16.1. The molecule has 2 aromatic carbocycles. The zero-order valence-corrected chi connectivity index (χ0v) is 14.6. The van der Waals surface area contributed by atoms with Gasteiger partial charge in [0.1, 0.15) is 5.60 Å². The molecule has 1 atom stereocenters. The fraction of sp³-hybridized carbons (Fsp3) is 0.238. The van der Waals surface area contributed by atoms with E-state index in [2.05, 4.69) is 15.3 Å². The number of hydrogen-bond acceptors (Lipinski definition) is 3. The van der Waals surface area contributed by atoms with Crippen LogP contribution in [0.15, 0.2) is 61.1 Å². The maximum absolute atomic E-state index is 11.4. The van der Waals surface area contributed by atoms with Gasteiger partial charge >= 0.3 is 0 Å². The van der Waals surface area contributed by atoms with Gasteiger partial charge in [0.05, 0.1) is 18.2 Å². The van der Waals surface area contributed by atoms with Crippen molar-refractivity contribution >= 4 is 11.6 Å². The van der Waals surface area contributed by atoms with Gasteiger partial charge in [-0.05, 0) is 47.6 Å². The van der Waals surface area contributed by atoms with E-state index in [4.69, 9.17) is 0 Å². The molecule has 1 fully saturated rings. The van der Waals surface area contributed by atoms with Crippen molar-refractivity contribution in [3.63, 3.8) is 0 Å². The van der Waals surface area contributed by atoms with Gasteiger partial charge in [-0.25, -0.2) is 4.98 Å². The Morgan fingerprint density at radius 2 is 1.96 bits per heavy atom. The first kappa shape index (κ1) is 16.5. The predicted molar refractivity (Wildman–Crippen MR) is 100 cm³/mol. The Morgan fingerprint density at radius 1 is 1.19 bits per heavy atom. The minimum atomic E-state index is -1.02. The molecule has 5 heteroatoms. The Bertz CT molecular complexity index is 915. The number of carbonyl (C=O) groups is 1. The number of aliphatic hydroxyl groups is 1. The van der Waals surface area contributed by atoms with Crippen LogP contribution < -0.4 is 5.32 Å². The number of nitrogens with zero attached hydrogens (tertiary/aromatic N) is 1. The van der Waals surface area contributed by atoms with Gasteiger partial charge in [-0.2, -0.15) is 0 Å². The Balaban J connectivity index is 1.66. The summed E-state index contributed by atoms with van der Waals surface area (Å²) in [5.74, 6) is 0.128. The molecule has 0 saturated heterocycles. The average molecular weight is 347 g/mol. The van der Waals surface area contributed by atoms with Crippen LogP contribution in [0, 0.1) is 5.92 Å². The molecule has 4 rings (SSSR count). The van der Waals surface area contributed by atoms with Gasteiger partial charge in [-0.15, -0.1) is 0 Å². The number of amides is 1. The van der Waals surface area contributed by atoms with Crippen LogP contribution in [-0.4, -0.2) is 21.0 Å². The summed E-state index contributed by atoms with van der Waals surface area (Å²) in [5.41, 5.74) is 3.40. The summed E-state index contributed by atoms with van der Waals surface area (Å²) < 4.78 is 0. The molecule has 0 spiro atoms. The summed E-state index contributed by atoms with van der Waals surface area (Å²) in [7, 11) is 0. The number of rotatable bonds is 5. The quantitative estimate of drug-likeness (QED) is 0.659. The SMILES string of the molecule is CC(=O)Nc1cccc(-c2ccc(C(O)(c3cnc[nH]3)C3CC3)cc2)c1. The molecule has 1 saturated carbocycles. The van der Waals surface area contributed by atoms with Gasteiger partial charge in [-0.1, -0.05) is 36.4 Å². The molecule has 3 N–H and O–H groups in total. The summed E-state index contributed by atoms with van der Waals surface area (Å²) in [4.78, 5) is 18.4. The summed E-state index contributed by atoms with van der Waals surface area (Å²) in [6, 6.07) is 15.7. The van der Waals surface area contributed by atoms with Crippen LogP contribution in [-0.2, 0) is 10.4 Å². The molecular formula is C21H21N3O2. The lowest BCUT2D eigenvalue weighted by atomic mass is 9.85. The van der Waals surface area contributed by atoms with Crippen LogP contribution in [0.25, 0.3) is 11.1 Å². The number of imidazole rings is 1. The maximum Gasteiger partial charge on any atom is 0.221 e. The number of aromatic amines is 1. The molecule has 1 heterocycles. The summed E-state index contributed by atoms with van der Waals surface area (Å²) in [6.07, 6.45) is 5.32. The highest BCUT2D eigenvalue weighted by atomic mass is 16.3. The van der Waals surface area contributed by atoms with Crippen LogP contribution in [0.3, 0.4) is 0 Å². The van der Waals surface area contributed by atoms with Gasteiger partial charge in [0.2, 0.25) is 5.91 Å². The van der Waals surface area contributed by atoms with Crippen LogP contribution in [0.1, 0.15) is 31.0 Å². The van der Waals surface area contributed by atoms with E-state index in [-0.39, 0.29) is 11.8 Å². The minimum Gasteiger partial charge on any atom is -0.379 e. The van der Waals surface area contributed by atoms with Crippen LogP contribution >= 0.6 is 0 Å². The number of benzene rings is 2. The van der Waals surface area contributed by atoms with Crippen molar-refractivity contribution < 1.29 is 9.90 Å². The summed E-state index contributed by atoms with van der Waals surface area (Å²) in [5, 5.41) is 14.2. The van der Waals surface area contributed by atoms with Crippen molar-refractivity contribution in [1.29, 1.82) is 0 Å². The monoisotopic (exact) mass is 347 g/mol. The molecule has 0 bridgehead atoms. The number of H-pyrrole nitrogens is 1. The highest BCUT2D eigenvalue weighted by Gasteiger charge is 2.47. The average Bonchev–Trinajstić information content (AvgIpc) is 3.35. The Kier molecular flexibility index (Phi) is 4.09. The summed E-state index contributed by atoms with van der Waals surface area (Å²) >= 11 is 0. The number of carbonyl (C=O) groups excluding carboxylic acids is 1. The van der Waals surface area contributed by atoms with Crippen LogP contribution in [0.4, 0.5) is 5.69 Å². The maximum atomic E-state index is 11.4. The van der Waals surface area contributed by atoms with Crippen molar-refractivity contribution in [3.8, 4) is 11.1 Å². The number of aromatic nitrogens is 2. The van der Waals surface area contributed by atoms with Crippen LogP contribution in [0.5, 0.6) is 0 Å². The zero-order valence-electron chi connectivity index (χ0n) is 14.6. The van der Waals surface area contributed by atoms with E-state index < -0.39 is 5.60 Å². The second-order valence-electron chi connectivity index (χ2n) is 6.85. The Morgan fingerprint density at radius 3 is 2.58 bits per heavy atom. The van der Waals surface area contributed by atoms with Crippen molar-refractivity contribution in [2.24, 2.45) is 5.92 Å². The van der Waals surface area contributed by atoms with Gasteiger partial charge < -0.3 is 15.4 Å². The van der Waals surface area contributed by atoms with Gasteiger partial charge in [-0.3, -0.25) is 4.79 Å². The molecule has 132 valence electrons. The lowest BCUT2D eigenvalue weighted by Gasteiger charge is -2.27. The summed E-state index contributed by atoms with van der Waals surface area (Å²) in [6.45, 7) is 1.50. The highest BCUT2D eigenvalue weighted by Crippen LogP contribution is 2.49. The Labute approximate surface area is 152 Å². The van der Waals surface area contributed by atoms with E-state index in [1.54, 1.807) is 12.5 Å². The number of hydrogen-bond donors (Lipinski definition) is 3. The van der Waals surface area contributed by atoms with Gasteiger partial charge in [0.15, 0.2) is 0 Å². The molecule has 1 aromatic heterocycles. The molecule has 3 aromatic rings. The van der Waals surface area contributed by atoms with E-state index in [1.807, 2.05) is 48.5 Å². The third-order valence-corrected chi connectivity index (χ3v) is 4.92. The predicted octanol–water partition coefficient (Wildman–Crippen LogP) is 3.68. The van der Waals surface area contributed by atoms with Crippen molar-refractivity contribution in [2.75, 3.05) is 5.32 Å². The topological polar surface area (TPSA) is 78.0 Å². The lowest BCUT2D eigenvalue weighted by molar-refractivity contribution is -0.114. The lowest BCUT2D eigenvalue weighted by Crippen LogP contribution is -2.30. The van der Waals surface area contributed by atoms with E-state index in [9.17, 15) is 9.90 Å². The molecule has 5 nitrogen and oxygen atoms in total. The van der Waals surface area contributed by atoms with Crippen molar-refractivity contribution in [1.82, 2.24) is 9.97 Å². The van der Waals surface area contributed by atoms with Crippen molar-refractivity contribution in [2.45, 2.75) is 25.4 Å². The molecule has 0 radical (unpaired) electrons. The van der Waals surface area contributed by atoms with Gasteiger partial charge in [0, 0.05) is 12.6 Å². The fourth-order valence-electron chi connectivity index (χ4n) is 3.47. The van der Waals surface area contributed by atoms with E-state index in [0.29, 0.717) is 0 Å². The molecule has 1 aliphatic carbocycles. The smallest absolute Gasteiger partial charge is 0.221 e. The highest BCUT2D eigenvalue weighted by molar-refractivity contribution is 5.89. The van der Waals surface area contributed by atoms with E-state index in [1.165, 1.54) is 6.92 Å². The largest absolute Gasteiger partial charge is 0.379 e. The molecule has 1 aliphatic rings. The first-order valence-corrected chi connectivity index (χ1v) is 8.77. The molecule has 0 aliphatic heterocycles.